The first-order valence-corrected chi connectivity index (χ1v) is 7.78. The lowest BCUT2D eigenvalue weighted by Gasteiger charge is -2.15. The second kappa shape index (κ2) is 9.82. The molecule has 0 aromatic rings. The van der Waals surface area contributed by atoms with E-state index in [-0.39, 0.29) is 6.42 Å². The summed E-state index contributed by atoms with van der Waals surface area (Å²) in [5.41, 5.74) is 0. The molecule has 2 rings (SSSR count). The van der Waals surface area contributed by atoms with Crippen LogP contribution in [0.1, 0.15) is 64.7 Å². The summed E-state index contributed by atoms with van der Waals surface area (Å²) in [6.07, 6.45) is 11.9. The molecule has 110 valence electrons. The molecule has 0 unspecified atom stereocenters. The molecule has 2 heterocycles. The maximum Gasteiger partial charge on any atom is 0.173 e. The van der Waals surface area contributed by atoms with E-state index in [0.717, 1.165) is 19.3 Å². The minimum atomic E-state index is -0.920. The minimum absolute atomic E-state index is 0.226. The largest absolute Gasteiger partial charge is 0.550 e. The highest BCUT2D eigenvalue weighted by Gasteiger charge is 2.25. The van der Waals surface area contributed by atoms with Gasteiger partial charge in [0, 0.05) is 18.8 Å². The average Bonchev–Trinajstić information content (AvgIpc) is 2.87. The van der Waals surface area contributed by atoms with Crippen LogP contribution < -0.4 is 5.11 Å². The molecule has 0 aromatic heterocycles. The number of rotatable bonds is 6. The Morgan fingerprint density at radius 1 is 1.21 bits per heavy atom. The first-order chi connectivity index (χ1) is 9.24. The van der Waals surface area contributed by atoms with E-state index in [1.807, 2.05) is 0 Å². The first-order valence-electron chi connectivity index (χ1n) is 7.78. The van der Waals surface area contributed by atoms with Crippen molar-refractivity contribution in [1.29, 1.82) is 0 Å². The van der Waals surface area contributed by atoms with Crippen molar-refractivity contribution in [1.82, 2.24) is 5.01 Å². The van der Waals surface area contributed by atoms with Crippen LogP contribution in [0.5, 0.6) is 0 Å². The van der Waals surface area contributed by atoms with Crippen LogP contribution in [0.3, 0.4) is 0 Å². The topological polar surface area (TPSA) is 46.4 Å². The molecule has 0 radical (unpaired) electrons. The van der Waals surface area contributed by atoms with Gasteiger partial charge < -0.3 is 9.90 Å². The summed E-state index contributed by atoms with van der Waals surface area (Å²) in [6.45, 7) is 5.98. The molecule has 0 aromatic carbocycles. The van der Waals surface area contributed by atoms with E-state index in [0.29, 0.717) is 0 Å². The molecule has 0 bridgehead atoms. The number of carboxylic acids is 1. The van der Waals surface area contributed by atoms with E-state index in [9.17, 15) is 9.90 Å². The Bertz CT molecular complexity index is 290. The smallest absolute Gasteiger partial charge is 0.173 e. The highest BCUT2D eigenvalue weighted by atomic mass is 16.4. The van der Waals surface area contributed by atoms with Crippen molar-refractivity contribution in [3.05, 3.63) is 0 Å². The quantitative estimate of drug-likeness (QED) is 0.543. The van der Waals surface area contributed by atoms with Crippen molar-refractivity contribution in [3.8, 4) is 0 Å². The molecule has 0 amide bonds. The Labute approximate surface area is 117 Å². The van der Waals surface area contributed by atoms with Crippen molar-refractivity contribution in [2.45, 2.75) is 64.7 Å². The lowest BCUT2D eigenvalue weighted by molar-refractivity contribution is -0.667. The second-order valence-electron chi connectivity index (χ2n) is 5.33. The maximum atomic E-state index is 9.92. The summed E-state index contributed by atoms with van der Waals surface area (Å²) in [6, 6.07) is 0. The molecule has 4 heteroatoms. The molecule has 2 aliphatic rings. The number of hydrazone groups is 1. The third-order valence-electron chi connectivity index (χ3n) is 3.61. The van der Waals surface area contributed by atoms with Gasteiger partial charge in [-0.05, 0) is 19.3 Å². The van der Waals surface area contributed by atoms with Crippen molar-refractivity contribution in [2.75, 3.05) is 19.6 Å². The Balaban J connectivity index is 0.000000190. The average molecular weight is 268 g/mol. The number of aliphatic carboxylic acids is 1. The summed E-state index contributed by atoms with van der Waals surface area (Å²) in [5.74, 6) is -0.920. The van der Waals surface area contributed by atoms with Gasteiger partial charge in [0.25, 0.3) is 0 Å². The number of carbonyl (C=O) groups excluding carboxylic acids is 1. The zero-order valence-corrected chi connectivity index (χ0v) is 12.3. The van der Waals surface area contributed by atoms with Gasteiger partial charge in [-0.3, -0.25) is 0 Å². The number of carboxylic acid groups (broad SMARTS) is 1. The number of fused-ring (bicyclic) bond motifs is 1. The normalized spacial score (nSPS) is 17.3. The molecule has 2 aliphatic heterocycles. The van der Waals surface area contributed by atoms with Crippen molar-refractivity contribution < 1.29 is 14.6 Å². The van der Waals surface area contributed by atoms with E-state index < -0.39 is 5.97 Å². The number of hydrogen-bond acceptors (Lipinski definition) is 3. The van der Waals surface area contributed by atoms with Gasteiger partial charge in [0.2, 0.25) is 0 Å². The molecule has 0 atom stereocenters. The fourth-order valence-corrected chi connectivity index (χ4v) is 2.52. The Morgan fingerprint density at radius 3 is 2.63 bits per heavy atom. The first kappa shape index (κ1) is 16.0. The number of hydrazine groups is 1. The number of carbonyl (C=O) groups is 1. The molecule has 0 aliphatic carbocycles. The van der Waals surface area contributed by atoms with Crippen molar-refractivity contribution >= 4 is 12.2 Å². The molecular weight excluding hydrogens is 240 g/mol. The number of nitrogens with zero attached hydrogens (tertiary/aromatic N) is 2. The SMILES string of the molecule is C1=[N+]2CCCN2CCC1.CCCCCCCC(=O)[O-]. The number of hydrogen-bond donors (Lipinski definition) is 0. The van der Waals surface area contributed by atoms with E-state index in [4.69, 9.17) is 0 Å². The van der Waals surface area contributed by atoms with Gasteiger partial charge in [-0.25, -0.2) is 0 Å². The van der Waals surface area contributed by atoms with Gasteiger partial charge in [-0.2, -0.15) is 5.01 Å². The van der Waals surface area contributed by atoms with Crippen LogP contribution in [-0.2, 0) is 4.79 Å². The van der Waals surface area contributed by atoms with Gasteiger partial charge in [-0.15, -0.1) is 4.68 Å². The molecule has 0 spiro atoms. The molecular formula is C15H28N2O2. The van der Waals surface area contributed by atoms with E-state index in [1.165, 1.54) is 51.7 Å². The lowest BCUT2D eigenvalue weighted by atomic mass is 10.1. The molecule has 4 nitrogen and oxygen atoms in total. The Kier molecular flexibility index (Phi) is 8.26. The fraction of sp³-hybridized carbons (Fsp3) is 0.867. The monoisotopic (exact) mass is 268 g/mol. The van der Waals surface area contributed by atoms with Crippen LogP contribution >= 0.6 is 0 Å². The minimum Gasteiger partial charge on any atom is -0.550 e. The van der Waals surface area contributed by atoms with E-state index in [2.05, 4.69) is 22.8 Å². The van der Waals surface area contributed by atoms with Gasteiger partial charge in [0.1, 0.15) is 0 Å². The Hall–Kier alpha value is -1.06. The molecule has 0 N–H and O–H groups in total. The summed E-state index contributed by atoms with van der Waals surface area (Å²) in [5, 5.41) is 12.4. The summed E-state index contributed by atoms with van der Waals surface area (Å²) >= 11 is 0. The fourth-order valence-electron chi connectivity index (χ4n) is 2.52. The van der Waals surface area contributed by atoms with Gasteiger partial charge in [0.05, 0.1) is 13.1 Å². The maximum absolute atomic E-state index is 9.92. The van der Waals surface area contributed by atoms with Crippen LogP contribution in [0.15, 0.2) is 0 Å². The molecule has 19 heavy (non-hydrogen) atoms. The van der Waals surface area contributed by atoms with Crippen molar-refractivity contribution in [2.24, 2.45) is 0 Å². The zero-order chi connectivity index (χ0) is 13.9. The highest BCUT2D eigenvalue weighted by Crippen LogP contribution is 2.09. The molecule has 0 saturated carbocycles. The van der Waals surface area contributed by atoms with Crippen LogP contribution in [0, 0.1) is 0 Å². The predicted molar refractivity (Wildman–Crippen MR) is 75.0 cm³/mol. The summed E-state index contributed by atoms with van der Waals surface area (Å²) in [4.78, 5) is 9.92. The predicted octanol–water partition coefficient (Wildman–Crippen LogP) is 1.58. The van der Waals surface area contributed by atoms with Crippen LogP contribution in [0.4, 0.5) is 0 Å². The lowest BCUT2D eigenvalue weighted by Crippen LogP contribution is -2.33. The van der Waals surface area contributed by atoms with Crippen LogP contribution in [0.25, 0.3) is 0 Å². The molecule has 1 fully saturated rings. The van der Waals surface area contributed by atoms with Crippen LogP contribution in [-0.4, -0.2) is 41.5 Å². The van der Waals surface area contributed by atoms with Gasteiger partial charge in [0.15, 0.2) is 12.8 Å². The third-order valence-corrected chi connectivity index (χ3v) is 3.61. The van der Waals surface area contributed by atoms with Gasteiger partial charge in [-0.1, -0.05) is 32.6 Å². The Morgan fingerprint density at radius 2 is 1.95 bits per heavy atom. The van der Waals surface area contributed by atoms with Crippen molar-refractivity contribution in [3.63, 3.8) is 0 Å². The van der Waals surface area contributed by atoms with E-state index >= 15 is 0 Å². The molecule has 1 saturated heterocycles. The second-order valence-corrected chi connectivity index (χ2v) is 5.33. The number of unbranched alkanes of at least 4 members (excludes halogenated alkanes) is 4. The third kappa shape index (κ3) is 7.19. The van der Waals surface area contributed by atoms with Crippen LogP contribution in [0.2, 0.25) is 0 Å². The standard InChI is InChI=1S/C8H16O2.C7H13N2/c1-2-3-4-5-6-7-8(9)10;1-2-5-9-7-3-6-8(9)4-1/h2-7H2,1H3,(H,9,10);4H,1-3,5-7H2/q;+1/p-1. The summed E-state index contributed by atoms with van der Waals surface area (Å²) in [7, 11) is 0. The summed E-state index contributed by atoms with van der Waals surface area (Å²) < 4.78 is 2.38. The zero-order valence-electron chi connectivity index (χ0n) is 12.3. The highest BCUT2D eigenvalue weighted by molar-refractivity contribution is 5.64. The van der Waals surface area contributed by atoms with Gasteiger partial charge >= 0.3 is 0 Å². The van der Waals surface area contributed by atoms with E-state index in [1.54, 1.807) is 0 Å².